The normalized spacial score (nSPS) is 19.7. The minimum Gasteiger partial charge on any atom is -0.740 e. The molecule has 1 fully saturated rings. The number of rotatable bonds is 7. The van der Waals surface area contributed by atoms with Crippen molar-refractivity contribution in [3.05, 3.63) is 0 Å². The molecule has 1 aliphatic rings. The summed E-state index contributed by atoms with van der Waals surface area (Å²) >= 11 is -2.75. The fourth-order valence-electron chi connectivity index (χ4n) is 1.83. The van der Waals surface area contributed by atoms with Gasteiger partial charge >= 0.3 is 5.97 Å². The summed E-state index contributed by atoms with van der Waals surface area (Å²) in [6.45, 7) is 6.88. The van der Waals surface area contributed by atoms with Crippen molar-refractivity contribution in [2.75, 3.05) is 39.3 Å². The highest BCUT2D eigenvalue weighted by Crippen LogP contribution is 2.04. The second kappa shape index (κ2) is 8.54. The van der Waals surface area contributed by atoms with E-state index in [4.69, 9.17) is 4.84 Å². The second-order valence-corrected chi connectivity index (χ2v) is 4.53. The van der Waals surface area contributed by atoms with Crippen LogP contribution < -0.4 is 0 Å². The molecule has 1 heterocycles. The highest BCUT2D eigenvalue weighted by Gasteiger charge is 2.16. The molecule has 106 valence electrons. The van der Waals surface area contributed by atoms with Gasteiger partial charge < -0.3 is 13.6 Å². The van der Waals surface area contributed by atoms with E-state index in [9.17, 15) is 13.6 Å². The Morgan fingerprint density at radius 1 is 1.33 bits per heavy atom. The van der Waals surface area contributed by atoms with Crippen LogP contribution in [0.4, 0.5) is 0 Å². The van der Waals surface area contributed by atoms with Crippen LogP contribution >= 0.6 is 0 Å². The summed E-state index contributed by atoms with van der Waals surface area (Å²) in [6, 6.07) is 0. The van der Waals surface area contributed by atoms with Crippen LogP contribution in [-0.2, 0) is 25.2 Å². The zero-order valence-corrected chi connectivity index (χ0v) is 11.3. The molecular weight excluding hydrogens is 260 g/mol. The third-order valence-electron chi connectivity index (χ3n) is 2.66. The summed E-state index contributed by atoms with van der Waals surface area (Å²) in [5.74, 6) is -0.698. The molecule has 1 saturated heterocycles. The smallest absolute Gasteiger partial charge is 0.319 e. The van der Waals surface area contributed by atoms with E-state index in [1.807, 2.05) is 12.0 Å². The van der Waals surface area contributed by atoms with Crippen LogP contribution in [0.3, 0.4) is 0 Å². The molecule has 7 nitrogen and oxygen atoms in total. The van der Waals surface area contributed by atoms with Crippen molar-refractivity contribution in [1.29, 1.82) is 0 Å². The van der Waals surface area contributed by atoms with Crippen molar-refractivity contribution in [2.45, 2.75) is 19.8 Å². The number of hydroxylamine groups is 2. The van der Waals surface area contributed by atoms with E-state index in [2.05, 4.69) is 9.08 Å². The van der Waals surface area contributed by atoms with Crippen LogP contribution in [0.1, 0.15) is 19.8 Å². The quantitative estimate of drug-likeness (QED) is 0.590. The fraction of sp³-hybridized carbons (Fsp3) is 0.900. The highest BCUT2D eigenvalue weighted by molar-refractivity contribution is 7.74. The molecule has 18 heavy (non-hydrogen) atoms. The van der Waals surface area contributed by atoms with Gasteiger partial charge in [-0.3, -0.25) is 9.63 Å². The van der Waals surface area contributed by atoms with Crippen LogP contribution in [0.15, 0.2) is 0 Å². The third-order valence-corrected chi connectivity index (χ3v) is 2.98. The number of nitrogens with zero attached hydrogens (tertiary/aromatic N) is 2. The summed E-state index contributed by atoms with van der Waals surface area (Å²) < 4.78 is 24.2. The maximum atomic E-state index is 11.0. The van der Waals surface area contributed by atoms with Crippen LogP contribution in [0, 0.1) is 0 Å². The first-order valence-electron chi connectivity index (χ1n) is 6.02. The van der Waals surface area contributed by atoms with E-state index in [0.717, 1.165) is 32.7 Å². The molecule has 0 aromatic rings. The first-order chi connectivity index (χ1) is 8.61. The van der Waals surface area contributed by atoms with Crippen molar-refractivity contribution >= 4 is 17.3 Å². The zero-order valence-electron chi connectivity index (χ0n) is 10.5. The van der Waals surface area contributed by atoms with Gasteiger partial charge in [0, 0.05) is 32.6 Å². The lowest BCUT2D eigenvalue weighted by atomic mass is 10.2. The Morgan fingerprint density at radius 3 is 2.56 bits per heavy atom. The Hall–Kier alpha value is -0.540. The van der Waals surface area contributed by atoms with E-state index >= 15 is 0 Å². The largest absolute Gasteiger partial charge is 0.740 e. The maximum absolute atomic E-state index is 11.0. The summed E-state index contributed by atoms with van der Waals surface area (Å²) in [4.78, 5) is 18.6. The van der Waals surface area contributed by atoms with Gasteiger partial charge in [-0.25, -0.2) is 4.21 Å². The predicted octanol–water partition coefficient (Wildman–Crippen LogP) is -0.327. The molecule has 0 aromatic carbocycles. The Labute approximate surface area is 109 Å². The van der Waals surface area contributed by atoms with Gasteiger partial charge in [0.25, 0.3) is 0 Å². The van der Waals surface area contributed by atoms with Gasteiger partial charge in [-0.15, -0.1) is 0 Å². The van der Waals surface area contributed by atoms with Crippen LogP contribution in [0.5, 0.6) is 0 Å². The second-order valence-electron chi connectivity index (χ2n) is 3.95. The molecule has 0 spiro atoms. The van der Waals surface area contributed by atoms with Gasteiger partial charge in [-0.05, 0) is 19.9 Å². The highest BCUT2D eigenvalue weighted by atomic mass is 32.2. The van der Waals surface area contributed by atoms with Gasteiger partial charge in [0.05, 0.1) is 6.61 Å². The Balaban J connectivity index is 2.07. The van der Waals surface area contributed by atoms with Gasteiger partial charge in [-0.1, -0.05) is 0 Å². The van der Waals surface area contributed by atoms with Gasteiger partial charge in [0.15, 0.2) is 0 Å². The number of piperazine rings is 1. The monoisotopic (exact) mass is 279 g/mol. The van der Waals surface area contributed by atoms with Crippen LogP contribution in [-0.4, -0.2) is 64.0 Å². The molecule has 0 aromatic heterocycles. The van der Waals surface area contributed by atoms with E-state index < -0.39 is 17.3 Å². The summed E-state index contributed by atoms with van der Waals surface area (Å²) in [5.41, 5.74) is 0. The molecule has 1 rings (SSSR count). The lowest BCUT2D eigenvalue weighted by Crippen LogP contribution is -2.46. The fourth-order valence-corrected chi connectivity index (χ4v) is 2.06. The van der Waals surface area contributed by atoms with Crippen molar-refractivity contribution in [2.24, 2.45) is 0 Å². The minimum atomic E-state index is -2.75. The standard InChI is InChI=1S/C10H20N2O5S/c1-2-16-12-8-6-11(7-9-12)5-3-4-10(13)17-18(14)15/h2-9H2,1H3,(H,14,15)/p-1. The maximum Gasteiger partial charge on any atom is 0.319 e. The zero-order chi connectivity index (χ0) is 13.4. The molecule has 0 amide bonds. The van der Waals surface area contributed by atoms with Gasteiger partial charge in [-0.2, -0.15) is 5.06 Å². The van der Waals surface area contributed by atoms with Crippen LogP contribution in [0.2, 0.25) is 0 Å². The van der Waals surface area contributed by atoms with Crippen molar-refractivity contribution in [3.8, 4) is 0 Å². The average molecular weight is 279 g/mol. The van der Waals surface area contributed by atoms with Gasteiger partial charge in [0.2, 0.25) is 0 Å². The van der Waals surface area contributed by atoms with E-state index in [1.54, 1.807) is 0 Å². The van der Waals surface area contributed by atoms with E-state index in [1.165, 1.54) is 0 Å². The first kappa shape index (κ1) is 15.5. The first-order valence-corrected chi connectivity index (χ1v) is 7.02. The molecule has 1 aliphatic heterocycles. The van der Waals surface area contributed by atoms with E-state index in [0.29, 0.717) is 13.0 Å². The molecule has 1 atom stereocenters. The lowest BCUT2D eigenvalue weighted by Gasteiger charge is -2.33. The molecule has 0 aliphatic carbocycles. The van der Waals surface area contributed by atoms with Crippen LogP contribution in [0.25, 0.3) is 0 Å². The van der Waals surface area contributed by atoms with Crippen molar-refractivity contribution < 1.29 is 22.6 Å². The van der Waals surface area contributed by atoms with Crippen molar-refractivity contribution in [3.63, 3.8) is 0 Å². The molecule has 8 heteroatoms. The molecule has 0 saturated carbocycles. The van der Waals surface area contributed by atoms with Crippen molar-refractivity contribution in [1.82, 2.24) is 9.96 Å². The summed E-state index contributed by atoms with van der Waals surface area (Å²) in [7, 11) is 0. The number of carbonyl (C=O) groups excluding carboxylic acids is 1. The third kappa shape index (κ3) is 6.41. The number of hydrogen-bond donors (Lipinski definition) is 0. The number of hydrogen-bond acceptors (Lipinski definition) is 7. The molecule has 0 N–H and O–H groups in total. The Bertz CT molecular complexity index is 281. The molecular formula is C10H19N2O5S-. The van der Waals surface area contributed by atoms with Gasteiger partial charge in [0.1, 0.15) is 11.4 Å². The average Bonchev–Trinajstić information content (AvgIpc) is 2.31. The number of carbonyl (C=O) groups is 1. The van der Waals surface area contributed by atoms with E-state index in [-0.39, 0.29) is 6.42 Å². The lowest BCUT2D eigenvalue weighted by molar-refractivity contribution is -0.172. The topological polar surface area (TPSA) is 82.1 Å². The summed E-state index contributed by atoms with van der Waals surface area (Å²) in [6.07, 6.45) is 0.727. The Kier molecular flexibility index (Phi) is 7.36. The molecule has 0 bridgehead atoms. The minimum absolute atomic E-state index is 0.125. The SMILES string of the molecule is CCON1CCN(CCCC(=O)OS(=O)[O-])CC1. The molecule has 1 unspecified atom stereocenters. The Morgan fingerprint density at radius 2 is 2.00 bits per heavy atom. The predicted molar refractivity (Wildman–Crippen MR) is 63.9 cm³/mol. The summed E-state index contributed by atoms with van der Waals surface area (Å²) in [5, 5.41) is 1.94. The molecule has 0 radical (unpaired) electrons.